The van der Waals surface area contributed by atoms with E-state index in [-0.39, 0.29) is 54.1 Å². The Morgan fingerprint density at radius 3 is 2.59 bits per heavy atom. The van der Waals surface area contributed by atoms with Crippen molar-refractivity contribution in [3.05, 3.63) is 33.7 Å². The van der Waals surface area contributed by atoms with Gasteiger partial charge in [-0.3, -0.25) is 9.69 Å². The third-order valence-corrected chi connectivity index (χ3v) is 11.8. The first-order chi connectivity index (χ1) is 23.4. The molecule has 2 amide bonds. The number of nitrogens with zero attached hydrogens (tertiary/aromatic N) is 6. The summed E-state index contributed by atoms with van der Waals surface area (Å²) in [6.45, 7) is 10.8. The maximum atomic E-state index is 16.4. The van der Waals surface area contributed by atoms with Gasteiger partial charge in [-0.25, -0.2) is 14.2 Å². The van der Waals surface area contributed by atoms with Gasteiger partial charge in [0.25, 0.3) is 0 Å². The molecule has 0 radical (unpaired) electrons. The van der Waals surface area contributed by atoms with Crippen LogP contribution in [0.25, 0.3) is 21.8 Å². The number of aryl methyl sites for hydroxylation is 2. The molecule has 10 nitrogen and oxygen atoms in total. The average Bonchev–Trinajstić information content (AvgIpc) is 3.79. The molecule has 5 atom stereocenters. The quantitative estimate of drug-likeness (QED) is 0.239. The first kappa shape index (κ1) is 34.0. The van der Waals surface area contributed by atoms with E-state index in [2.05, 4.69) is 51.5 Å². The Kier molecular flexibility index (Phi) is 9.05. The van der Waals surface area contributed by atoms with Crippen molar-refractivity contribution in [3.63, 3.8) is 0 Å². The van der Waals surface area contributed by atoms with Crippen molar-refractivity contribution in [1.29, 1.82) is 5.26 Å². The van der Waals surface area contributed by atoms with Crippen LogP contribution in [0.3, 0.4) is 0 Å². The van der Waals surface area contributed by atoms with Crippen LogP contribution >= 0.6 is 15.9 Å². The molecule has 0 unspecified atom stereocenters. The van der Waals surface area contributed by atoms with Gasteiger partial charge in [-0.1, -0.05) is 0 Å². The molecule has 3 aromatic rings. The van der Waals surface area contributed by atoms with Crippen LogP contribution in [0.2, 0.25) is 0 Å². The summed E-state index contributed by atoms with van der Waals surface area (Å²) >= 11 is 3.47. The summed E-state index contributed by atoms with van der Waals surface area (Å²) < 4.78 is 31.5. The highest BCUT2D eigenvalue weighted by atomic mass is 79.9. The fraction of sp³-hybridized carbons (Fsp3) is 0.622. The minimum Gasteiger partial charge on any atom is -0.472 e. The maximum absolute atomic E-state index is 16.4. The number of halogens is 2. The molecule has 5 fully saturated rings. The third kappa shape index (κ3) is 6.15. The van der Waals surface area contributed by atoms with Crippen LogP contribution in [0.5, 0.6) is 5.88 Å². The summed E-state index contributed by atoms with van der Waals surface area (Å²) in [6.07, 6.45) is 4.93. The molecule has 1 saturated carbocycles. The number of rotatable bonds is 9. The van der Waals surface area contributed by atoms with Crippen LogP contribution in [0, 0.1) is 23.1 Å². The molecule has 6 heterocycles. The molecule has 2 bridgehead atoms. The fourth-order valence-corrected chi connectivity index (χ4v) is 8.88. The van der Waals surface area contributed by atoms with E-state index in [9.17, 15) is 14.9 Å². The number of nitriles is 1. The smallest absolute Gasteiger partial charge is 0.410 e. The number of fused-ring (bicyclic) bond motifs is 4. The highest BCUT2D eigenvalue weighted by Crippen LogP contribution is 2.53. The molecule has 4 aliphatic heterocycles. The lowest BCUT2D eigenvalue weighted by molar-refractivity contribution is -0.134. The fourth-order valence-electron chi connectivity index (χ4n) is 8.38. The van der Waals surface area contributed by atoms with E-state index in [0.717, 1.165) is 61.9 Å². The molecule has 5 aliphatic rings. The number of likely N-dealkylation sites (N-methyl/N-ethyl adjacent to an activating group) is 1. The zero-order chi connectivity index (χ0) is 34.8. The van der Waals surface area contributed by atoms with Crippen LogP contribution in [0.1, 0.15) is 83.5 Å². The van der Waals surface area contributed by atoms with Crippen molar-refractivity contribution in [1.82, 2.24) is 24.3 Å². The van der Waals surface area contributed by atoms with Gasteiger partial charge in [0, 0.05) is 55.5 Å². The van der Waals surface area contributed by atoms with Crippen molar-refractivity contribution < 1.29 is 23.5 Å². The van der Waals surface area contributed by atoms with Crippen LogP contribution in [0.4, 0.5) is 9.18 Å². The lowest BCUT2D eigenvalue weighted by Crippen LogP contribution is -2.44. The third-order valence-electron chi connectivity index (χ3n) is 11.0. The zero-order valence-corrected chi connectivity index (χ0v) is 30.7. The average molecular weight is 738 g/mol. The first-order valence-corrected chi connectivity index (χ1v) is 18.5. The van der Waals surface area contributed by atoms with Gasteiger partial charge >= 0.3 is 6.09 Å². The molecule has 12 heteroatoms. The van der Waals surface area contributed by atoms with E-state index < -0.39 is 11.4 Å². The van der Waals surface area contributed by atoms with Crippen LogP contribution < -0.4 is 4.74 Å². The summed E-state index contributed by atoms with van der Waals surface area (Å²) in [5.41, 5.74) is 2.01. The number of hydrogen-bond acceptors (Lipinski definition) is 7. The lowest BCUT2D eigenvalue weighted by Gasteiger charge is -2.39. The number of ether oxygens (including phenoxy) is 2. The molecule has 0 spiro atoms. The van der Waals surface area contributed by atoms with Gasteiger partial charge in [-0.2, -0.15) is 5.26 Å². The van der Waals surface area contributed by atoms with E-state index in [1.807, 2.05) is 36.6 Å². The van der Waals surface area contributed by atoms with Crippen molar-refractivity contribution in [2.45, 2.75) is 109 Å². The largest absolute Gasteiger partial charge is 0.472 e. The summed E-state index contributed by atoms with van der Waals surface area (Å²) in [7, 11) is 2.10. The minimum absolute atomic E-state index is 0.0785. The molecule has 2 aromatic heterocycles. The van der Waals surface area contributed by atoms with Gasteiger partial charge in [-0.15, -0.1) is 0 Å². The summed E-state index contributed by atoms with van der Waals surface area (Å²) in [5, 5.41) is 10.8. The molecule has 8 rings (SSSR count). The molecular weight excluding hydrogens is 691 g/mol. The monoisotopic (exact) mass is 736 g/mol. The van der Waals surface area contributed by atoms with Crippen molar-refractivity contribution in [2.24, 2.45) is 5.92 Å². The van der Waals surface area contributed by atoms with Crippen molar-refractivity contribution in [3.8, 4) is 11.9 Å². The Morgan fingerprint density at radius 2 is 1.94 bits per heavy atom. The first-order valence-electron chi connectivity index (χ1n) is 17.7. The topological polar surface area (TPSA) is 104 Å². The Balaban J connectivity index is 1.40. The predicted octanol–water partition coefficient (Wildman–Crippen LogP) is 6.75. The van der Waals surface area contributed by atoms with Crippen LogP contribution in [0.15, 0.2) is 16.6 Å². The van der Waals surface area contributed by atoms with E-state index >= 15 is 4.39 Å². The number of hydrogen-bond donors (Lipinski definition) is 0. The van der Waals surface area contributed by atoms with E-state index in [4.69, 9.17) is 14.5 Å². The number of benzene rings is 1. The maximum Gasteiger partial charge on any atom is 0.410 e. The SMILES string of the molecule is C[C@H](Oc1nc2c(F)c(Br)c(CCC#N)cc2c2c1cc(CCC(=O)N1CCC1)n2[C@H]1[C@@H]2C[C@H]1N(C(=O)OC(C)(C)C)C2)[C@@H]1CCCN1C. The molecule has 49 heavy (non-hydrogen) atoms. The Morgan fingerprint density at radius 1 is 1.16 bits per heavy atom. The molecule has 262 valence electrons. The molecule has 0 N–H and O–H groups in total. The van der Waals surface area contributed by atoms with Gasteiger partial charge in [-0.05, 0) is 113 Å². The van der Waals surface area contributed by atoms with Gasteiger partial charge < -0.3 is 23.8 Å². The Bertz CT molecular complexity index is 1840. The van der Waals surface area contributed by atoms with E-state index in [1.54, 1.807) is 0 Å². The van der Waals surface area contributed by atoms with Crippen molar-refractivity contribution >= 4 is 49.7 Å². The lowest BCUT2D eigenvalue weighted by atomic mass is 9.79. The predicted molar refractivity (Wildman–Crippen MR) is 188 cm³/mol. The van der Waals surface area contributed by atoms with Gasteiger partial charge in [0.2, 0.25) is 11.8 Å². The molecule has 1 aromatic carbocycles. The number of likely N-dealkylation sites (tertiary alicyclic amines) is 2. The number of pyridine rings is 1. The summed E-state index contributed by atoms with van der Waals surface area (Å²) in [4.78, 5) is 37.5. The van der Waals surface area contributed by atoms with E-state index in [0.29, 0.717) is 47.1 Å². The second-order valence-electron chi connectivity index (χ2n) is 15.3. The van der Waals surface area contributed by atoms with Crippen LogP contribution in [-0.4, -0.2) is 93.3 Å². The van der Waals surface area contributed by atoms with E-state index in [1.165, 1.54) is 0 Å². The zero-order valence-electron chi connectivity index (χ0n) is 29.1. The number of carbonyl (C=O) groups is 2. The molecule has 4 saturated heterocycles. The van der Waals surface area contributed by atoms with Gasteiger partial charge in [0.05, 0.1) is 33.5 Å². The number of amides is 2. The van der Waals surface area contributed by atoms with Gasteiger partial charge in [0.15, 0.2) is 5.82 Å². The van der Waals surface area contributed by atoms with Gasteiger partial charge in [0.1, 0.15) is 17.2 Å². The number of carbonyl (C=O) groups excluding carboxylic acids is 2. The molecular formula is C37H46BrFN6O4. The second kappa shape index (κ2) is 13.0. The summed E-state index contributed by atoms with van der Waals surface area (Å²) in [5.74, 6) is 0.184. The Hall–Kier alpha value is -3.43. The second-order valence-corrected chi connectivity index (χ2v) is 16.1. The normalized spacial score (nSPS) is 24.2. The van der Waals surface area contributed by atoms with Crippen LogP contribution in [-0.2, 0) is 22.4 Å². The minimum atomic E-state index is -0.620. The molecule has 1 aliphatic carbocycles. The Labute approximate surface area is 295 Å². The summed E-state index contributed by atoms with van der Waals surface area (Å²) in [6, 6.07) is 6.24. The standard InChI is InChI=1S/C37H46BrFN6O4/c1-21(27-10-7-14-42(27)5)48-35-26-19-24(11-12-29(46)43-15-8-16-43)45(33-23-18-28(33)44(20-23)36(47)49-37(2,3)4)34(26)25-17-22(9-6-13-40)30(38)31(39)32(25)41-35/h17,19,21,23,27-28,33H,6-12,14-16,18,20H2,1-5H3/t21-,23+,27-,28+,33-/m0/s1. The number of aromatic nitrogens is 2. The van der Waals surface area contributed by atoms with Crippen molar-refractivity contribution in [2.75, 3.05) is 33.2 Å². The highest BCUT2D eigenvalue weighted by molar-refractivity contribution is 9.10. The highest BCUT2D eigenvalue weighted by Gasteiger charge is 2.56.